The molecule has 0 bridgehead atoms. The first-order valence-electron chi connectivity index (χ1n) is 8.55. The summed E-state index contributed by atoms with van der Waals surface area (Å²) in [5.74, 6) is 0.849. The largest absolute Gasteiger partial charge is 0.382 e. The zero-order valence-corrected chi connectivity index (χ0v) is 15.1. The molecule has 0 unspecified atom stereocenters. The van der Waals surface area contributed by atoms with Gasteiger partial charge in [-0.2, -0.15) is 0 Å². The summed E-state index contributed by atoms with van der Waals surface area (Å²) in [5.41, 5.74) is 2.62. The van der Waals surface area contributed by atoms with Crippen LogP contribution in [0.15, 0.2) is 29.3 Å². The highest BCUT2D eigenvalue weighted by molar-refractivity contribution is 5.79. The van der Waals surface area contributed by atoms with Crippen LogP contribution in [0.4, 0.5) is 5.69 Å². The number of likely N-dealkylation sites (N-methyl/N-ethyl adjacent to an activating group) is 1. The fraction of sp³-hybridized carbons (Fsp3) is 0.611. The first-order valence-corrected chi connectivity index (χ1v) is 8.55. The topological polar surface area (TPSA) is 48.9 Å². The molecule has 0 aliphatic heterocycles. The van der Waals surface area contributed by atoms with Gasteiger partial charge in [-0.3, -0.25) is 4.99 Å². The Bertz CT molecular complexity index is 462. The number of hydrogen-bond acceptors (Lipinski definition) is 3. The van der Waals surface area contributed by atoms with Crippen LogP contribution in [-0.4, -0.2) is 52.4 Å². The van der Waals surface area contributed by atoms with Gasteiger partial charge in [-0.1, -0.05) is 18.2 Å². The molecule has 2 N–H and O–H groups in total. The Balaban J connectivity index is 2.34. The van der Waals surface area contributed by atoms with Crippen LogP contribution in [0.1, 0.15) is 25.8 Å². The van der Waals surface area contributed by atoms with Crippen molar-refractivity contribution in [3.05, 3.63) is 29.8 Å². The molecule has 0 aliphatic carbocycles. The fourth-order valence-corrected chi connectivity index (χ4v) is 2.42. The summed E-state index contributed by atoms with van der Waals surface area (Å²) in [7, 11) is 1.80. The molecule has 0 amide bonds. The summed E-state index contributed by atoms with van der Waals surface area (Å²) in [4.78, 5) is 6.63. The van der Waals surface area contributed by atoms with Crippen LogP contribution in [-0.2, 0) is 4.74 Å². The van der Waals surface area contributed by atoms with Crippen molar-refractivity contribution >= 4 is 11.6 Å². The molecule has 1 rings (SSSR count). The predicted molar refractivity (Wildman–Crippen MR) is 99.5 cm³/mol. The lowest BCUT2D eigenvalue weighted by Gasteiger charge is -2.25. The van der Waals surface area contributed by atoms with Crippen LogP contribution in [0.2, 0.25) is 0 Å². The molecule has 1 aromatic carbocycles. The predicted octanol–water partition coefficient (Wildman–Crippen LogP) is 2.41. The molecule has 0 radical (unpaired) electrons. The van der Waals surface area contributed by atoms with Crippen molar-refractivity contribution in [2.75, 3.05) is 51.3 Å². The van der Waals surface area contributed by atoms with Crippen LogP contribution in [0.5, 0.6) is 0 Å². The minimum atomic E-state index is 0.777. The number of ether oxygens (including phenoxy) is 1. The highest BCUT2D eigenvalue weighted by atomic mass is 16.5. The first kappa shape index (κ1) is 19.3. The third-order valence-corrected chi connectivity index (χ3v) is 3.70. The lowest BCUT2D eigenvalue weighted by molar-refractivity contribution is 0.145. The van der Waals surface area contributed by atoms with Crippen LogP contribution < -0.4 is 15.5 Å². The van der Waals surface area contributed by atoms with Crippen molar-refractivity contribution in [2.24, 2.45) is 4.99 Å². The molecule has 0 spiro atoms. The van der Waals surface area contributed by atoms with E-state index in [0.29, 0.717) is 0 Å². The van der Waals surface area contributed by atoms with Crippen molar-refractivity contribution < 1.29 is 4.74 Å². The van der Waals surface area contributed by atoms with Crippen molar-refractivity contribution in [3.8, 4) is 0 Å². The monoisotopic (exact) mass is 320 g/mol. The number of anilines is 1. The number of hydrogen-bond donors (Lipinski definition) is 2. The molecular weight excluding hydrogens is 288 g/mol. The average Bonchev–Trinajstić information content (AvgIpc) is 2.57. The molecule has 0 heterocycles. The number of nitrogens with zero attached hydrogens (tertiary/aromatic N) is 2. The van der Waals surface area contributed by atoms with Crippen molar-refractivity contribution in [3.63, 3.8) is 0 Å². The Hall–Kier alpha value is -1.75. The zero-order valence-electron chi connectivity index (χ0n) is 15.1. The van der Waals surface area contributed by atoms with Crippen molar-refractivity contribution in [1.82, 2.24) is 10.6 Å². The van der Waals surface area contributed by atoms with E-state index in [1.54, 1.807) is 7.05 Å². The Kier molecular flexibility index (Phi) is 9.87. The van der Waals surface area contributed by atoms with Gasteiger partial charge in [0.15, 0.2) is 5.96 Å². The SMILES string of the molecule is CCOCCCNC(=NC)NCCN(CC)c1ccccc1C. The Morgan fingerprint density at radius 1 is 1.17 bits per heavy atom. The highest BCUT2D eigenvalue weighted by Crippen LogP contribution is 2.18. The second kappa shape index (κ2) is 11.8. The second-order valence-corrected chi connectivity index (χ2v) is 5.34. The Labute approximate surface area is 141 Å². The van der Waals surface area contributed by atoms with Gasteiger partial charge >= 0.3 is 0 Å². The van der Waals surface area contributed by atoms with E-state index >= 15 is 0 Å². The summed E-state index contributed by atoms with van der Waals surface area (Å²) in [5, 5.41) is 6.68. The second-order valence-electron chi connectivity index (χ2n) is 5.34. The maximum Gasteiger partial charge on any atom is 0.191 e. The van der Waals surface area contributed by atoms with Gasteiger partial charge < -0.3 is 20.3 Å². The molecule has 0 fully saturated rings. The molecule has 5 heteroatoms. The quantitative estimate of drug-likeness (QED) is 0.395. The van der Waals surface area contributed by atoms with E-state index in [9.17, 15) is 0 Å². The average molecular weight is 320 g/mol. The number of aliphatic imine (C=N–C) groups is 1. The minimum absolute atomic E-state index is 0.777. The normalized spacial score (nSPS) is 11.4. The number of aryl methyl sites for hydroxylation is 1. The Morgan fingerprint density at radius 3 is 2.57 bits per heavy atom. The van der Waals surface area contributed by atoms with E-state index in [-0.39, 0.29) is 0 Å². The molecule has 23 heavy (non-hydrogen) atoms. The first-order chi connectivity index (χ1) is 11.2. The van der Waals surface area contributed by atoms with Crippen molar-refractivity contribution in [1.29, 1.82) is 0 Å². The smallest absolute Gasteiger partial charge is 0.191 e. The van der Waals surface area contributed by atoms with Gasteiger partial charge in [-0.05, 0) is 38.8 Å². The lowest BCUT2D eigenvalue weighted by atomic mass is 10.2. The van der Waals surface area contributed by atoms with Gasteiger partial charge in [-0.25, -0.2) is 0 Å². The molecule has 1 aromatic rings. The number of nitrogens with one attached hydrogen (secondary N) is 2. The number of guanidine groups is 1. The lowest BCUT2D eigenvalue weighted by Crippen LogP contribution is -2.42. The molecule has 0 saturated heterocycles. The number of para-hydroxylation sites is 1. The van der Waals surface area contributed by atoms with Gasteiger partial charge in [0.1, 0.15) is 0 Å². The van der Waals surface area contributed by atoms with Gasteiger partial charge in [0.25, 0.3) is 0 Å². The standard InChI is InChI=1S/C18H32N4O/c1-5-22(17-11-8-7-10-16(17)3)14-13-21-18(19-4)20-12-9-15-23-6-2/h7-8,10-11H,5-6,9,12-15H2,1-4H3,(H2,19,20,21). The van der Waals surface area contributed by atoms with Gasteiger partial charge in [-0.15, -0.1) is 0 Å². The van der Waals surface area contributed by atoms with Crippen LogP contribution in [0.25, 0.3) is 0 Å². The van der Waals surface area contributed by atoms with Crippen LogP contribution >= 0.6 is 0 Å². The number of rotatable bonds is 10. The summed E-state index contributed by atoms with van der Waals surface area (Å²) in [6, 6.07) is 8.51. The molecule has 0 atom stereocenters. The fourth-order valence-electron chi connectivity index (χ4n) is 2.42. The number of benzene rings is 1. The van der Waals surface area contributed by atoms with Gasteiger partial charge in [0, 0.05) is 52.1 Å². The van der Waals surface area contributed by atoms with E-state index in [0.717, 1.165) is 51.8 Å². The van der Waals surface area contributed by atoms with E-state index in [1.165, 1.54) is 11.3 Å². The maximum absolute atomic E-state index is 5.33. The molecular formula is C18H32N4O. The van der Waals surface area contributed by atoms with E-state index in [4.69, 9.17) is 4.74 Å². The zero-order chi connectivity index (χ0) is 16.9. The maximum atomic E-state index is 5.33. The Morgan fingerprint density at radius 2 is 1.91 bits per heavy atom. The molecule has 5 nitrogen and oxygen atoms in total. The van der Waals surface area contributed by atoms with E-state index in [2.05, 4.69) is 58.6 Å². The summed E-state index contributed by atoms with van der Waals surface area (Å²) >= 11 is 0. The molecule has 130 valence electrons. The van der Waals surface area contributed by atoms with E-state index in [1.807, 2.05) is 6.92 Å². The summed E-state index contributed by atoms with van der Waals surface area (Å²) < 4.78 is 5.33. The summed E-state index contributed by atoms with van der Waals surface area (Å²) in [6.07, 6.45) is 0.985. The van der Waals surface area contributed by atoms with Crippen LogP contribution in [0, 0.1) is 6.92 Å². The van der Waals surface area contributed by atoms with Crippen molar-refractivity contribution in [2.45, 2.75) is 27.2 Å². The highest BCUT2D eigenvalue weighted by Gasteiger charge is 2.06. The van der Waals surface area contributed by atoms with Gasteiger partial charge in [0.2, 0.25) is 0 Å². The van der Waals surface area contributed by atoms with Crippen LogP contribution in [0.3, 0.4) is 0 Å². The van der Waals surface area contributed by atoms with Gasteiger partial charge in [0.05, 0.1) is 0 Å². The third kappa shape index (κ3) is 7.37. The minimum Gasteiger partial charge on any atom is -0.382 e. The third-order valence-electron chi connectivity index (χ3n) is 3.70. The summed E-state index contributed by atoms with van der Waals surface area (Å²) in [6.45, 7) is 11.6. The van der Waals surface area contributed by atoms with E-state index < -0.39 is 0 Å². The molecule has 0 aliphatic rings. The molecule has 0 aromatic heterocycles. The molecule has 0 saturated carbocycles.